The van der Waals surface area contributed by atoms with Gasteiger partial charge in [-0.25, -0.2) is 4.79 Å². The summed E-state index contributed by atoms with van der Waals surface area (Å²) >= 11 is 0. The molecule has 0 atom stereocenters. The van der Waals surface area contributed by atoms with E-state index in [1.165, 1.54) is 37.4 Å². The lowest BCUT2D eigenvalue weighted by atomic mass is 10.2. The van der Waals surface area contributed by atoms with E-state index in [2.05, 4.69) is 16.0 Å². The maximum atomic E-state index is 11.9. The summed E-state index contributed by atoms with van der Waals surface area (Å²) in [6, 6.07) is 7.31. The number of carboxylic acids is 1. The van der Waals surface area contributed by atoms with Crippen molar-refractivity contribution < 1.29 is 19.5 Å². The molecule has 1 rings (SSSR count). The number of anilines is 1. The lowest BCUT2D eigenvalue weighted by molar-refractivity contribution is -0.119. The number of hydrogen-bond donors (Lipinski definition) is 4. The molecular formula is C15H16N4O4. The van der Waals surface area contributed by atoms with Crippen LogP contribution in [0.15, 0.2) is 36.0 Å². The molecule has 0 bridgehead atoms. The molecular weight excluding hydrogens is 300 g/mol. The van der Waals surface area contributed by atoms with Crippen LogP contribution in [0.4, 0.5) is 5.69 Å². The van der Waals surface area contributed by atoms with E-state index in [9.17, 15) is 14.4 Å². The van der Waals surface area contributed by atoms with Crippen molar-refractivity contribution in [2.24, 2.45) is 0 Å². The van der Waals surface area contributed by atoms with Crippen LogP contribution >= 0.6 is 0 Å². The molecule has 0 saturated carbocycles. The predicted octanol–water partition coefficient (Wildman–Crippen LogP) is 0.456. The molecule has 2 amide bonds. The van der Waals surface area contributed by atoms with E-state index in [4.69, 9.17) is 10.4 Å². The molecule has 0 heterocycles. The van der Waals surface area contributed by atoms with E-state index >= 15 is 0 Å². The van der Waals surface area contributed by atoms with Crippen molar-refractivity contribution in [3.8, 4) is 6.07 Å². The van der Waals surface area contributed by atoms with E-state index in [0.717, 1.165) is 0 Å². The zero-order valence-corrected chi connectivity index (χ0v) is 12.4. The fraction of sp³-hybridized carbons (Fsp3) is 0.200. The van der Waals surface area contributed by atoms with Gasteiger partial charge in [0.05, 0.1) is 5.56 Å². The van der Waals surface area contributed by atoms with E-state index in [1.54, 1.807) is 6.07 Å². The van der Waals surface area contributed by atoms with Crippen LogP contribution in [0.1, 0.15) is 17.3 Å². The molecule has 120 valence electrons. The van der Waals surface area contributed by atoms with Crippen molar-refractivity contribution in [1.29, 1.82) is 5.26 Å². The molecule has 0 radical (unpaired) electrons. The highest BCUT2D eigenvalue weighted by molar-refractivity contribution is 6.06. The van der Waals surface area contributed by atoms with Crippen molar-refractivity contribution in [3.05, 3.63) is 41.6 Å². The molecule has 0 aliphatic heterocycles. The highest BCUT2D eigenvalue weighted by Crippen LogP contribution is 2.10. The van der Waals surface area contributed by atoms with Gasteiger partial charge in [0, 0.05) is 31.9 Å². The fourth-order valence-electron chi connectivity index (χ4n) is 1.53. The minimum Gasteiger partial charge on any atom is -0.478 e. The quantitative estimate of drug-likeness (QED) is 0.328. The van der Waals surface area contributed by atoms with Gasteiger partial charge >= 0.3 is 5.97 Å². The Labute approximate surface area is 132 Å². The van der Waals surface area contributed by atoms with Gasteiger partial charge in [0.15, 0.2) is 0 Å². The van der Waals surface area contributed by atoms with Crippen LogP contribution in [0.3, 0.4) is 0 Å². The molecule has 4 N–H and O–H groups in total. The molecule has 0 aliphatic rings. The first-order valence-corrected chi connectivity index (χ1v) is 6.67. The normalized spacial score (nSPS) is 10.3. The van der Waals surface area contributed by atoms with Gasteiger partial charge in [-0.05, 0) is 24.3 Å². The molecule has 0 aromatic heterocycles. The third-order valence-electron chi connectivity index (χ3n) is 2.64. The SMILES string of the molecule is CC(=O)NCCN/C=C(/C#N)C(=O)Nc1ccc(C(=O)O)cc1. The van der Waals surface area contributed by atoms with Crippen LogP contribution in [-0.4, -0.2) is 36.0 Å². The van der Waals surface area contributed by atoms with E-state index < -0.39 is 11.9 Å². The van der Waals surface area contributed by atoms with Crippen LogP contribution in [0.2, 0.25) is 0 Å². The number of nitriles is 1. The maximum absolute atomic E-state index is 11.9. The summed E-state index contributed by atoms with van der Waals surface area (Å²) in [6.45, 7) is 2.12. The molecule has 0 fully saturated rings. The number of carboxylic acid groups (broad SMARTS) is 1. The third-order valence-corrected chi connectivity index (χ3v) is 2.64. The lowest BCUT2D eigenvalue weighted by Gasteiger charge is -2.06. The highest BCUT2D eigenvalue weighted by Gasteiger charge is 2.09. The first-order valence-electron chi connectivity index (χ1n) is 6.67. The standard InChI is InChI=1S/C15H16N4O4/c1-10(20)18-7-6-17-9-12(8-16)14(21)19-13-4-2-11(3-5-13)15(22)23/h2-5,9,17H,6-7H2,1H3,(H,18,20)(H,19,21)(H,22,23)/b12-9-. The Morgan fingerprint density at radius 1 is 1.22 bits per heavy atom. The van der Waals surface area contributed by atoms with Crippen LogP contribution in [0.25, 0.3) is 0 Å². The Hall–Kier alpha value is -3.34. The molecule has 1 aromatic rings. The number of benzene rings is 1. The zero-order chi connectivity index (χ0) is 17.2. The Morgan fingerprint density at radius 2 is 1.87 bits per heavy atom. The molecule has 8 nitrogen and oxygen atoms in total. The molecule has 23 heavy (non-hydrogen) atoms. The van der Waals surface area contributed by atoms with E-state index in [1.807, 2.05) is 0 Å². The summed E-state index contributed by atoms with van der Waals surface area (Å²) in [5, 5.41) is 25.5. The van der Waals surface area contributed by atoms with Crippen LogP contribution in [0, 0.1) is 11.3 Å². The summed E-state index contributed by atoms with van der Waals surface area (Å²) in [5.74, 6) is -1.86. The Kier molecular flexibility index (Phi) is 6.81. The summed E-state index contributed by atoms with van der Waals surface area (Å²) in [6.07, 6.45) is 1.25. The zero-order valence-electron chi connectivity index (χ0n) is 12.4. The van der Waals surface area contributed by atoms with Gasteiger partial charge in [0.1, 0.15) is 11.6 Å². The van der Waals surface area contributed by atoms with Gasteiger partial charge in [-0.2, -0.15) is 5.26 Å². The van der Waals surface area contributed by atoms with Crippen molar-refractivity contribution in [2.75, 3.05) is 18.4 Å². The molecule has 0 unspecified atom stereocenters. The van der Waals surface area contributed by atoms with Crippen LogP contribution in [0.5, 0.6) is 0 Å². The topological polar surface area (TPSA) is 131 Å². The second kappa shape index (κ2) is 8.84. The van der Waals surface area contributed by atoms with Crippen molar-refractivity contribution in [2.45, 2.75) is 6.92 Å². The van der Waals surface area contributed by atoms with Crippen molar-refractivity contribution >= 4 is 23.5 Å². The maximum Gasteiger partial charge on any atom is 0.335 e. The Balaban J connectivity index is 2.57. The smallest absolute Gasteiger partial charge is 0.335 e. The average molecular weight is 316 g/mol. The molecule has 0 saturated heterocycles. The lowest BCUT2D eigenvalue weighted by Crippen LogP contribution is -2.28. The number of hydrogen-bond acceptors (Lipinski definition) is 5. The van der Waals surface area contributed by atoms with Gasteiger partial charge < -0.3 is 21.1 Å². The molecule has 0 spiro atoms. The van der Waals surface area contributed by atoms with E-state index in [0.29, 0.717) is 18.8 Å². The van der Waals surface area contributed by atoms with Gasteiger partial charge in [-0.1, -0.05) is 0 Å². The van der Waals surface area contributed by atoms with Crippen molar-refractivity contribution in [3.63, 3.8) is 0 Å². The van der Waals surface area contributed by atoms with Gasteiger partial charge in [0.2, 0.25) is 5.91 Å². The van der Waals surface area contributed by atoms with Crippen LogP contribution < -0.4 is 16.0 Å². The fourth-order valence-corrected chi connectivity index (χ4v) is 1.53. The minimum atomic E-state index is -1.07. The minimum absolute atomic E-state index is 0.0960. The summed E-state index contributed by atoms with van der Waals surface area (Å²) in [4.78, 5) is 33.3. The van der Waals surface area contributed by atoms with Gasteiger partial charge in [-0.15, -0.1) is 0 Å². The number of carbonyl (C=O) groups is 3. The number of amides is 2. The summed E-state index contributed by atoms with van der Waals surface area (Å²) < 4.78 is 0. The first-order chi connectivity index (χ1) is 10.9. The number of rotatable bonds is 7. The predicted molar refractivity (Wildman–Crippen MR) is 82.4 cm³/mol. The third kappa shape index (κ3) is 6.31. The molecule has 0 aliphatic carbocycles. The van der Waals surface area contributed by atoms with E-state index in [-0.39, 0.29) is 17.0 Å². The molecule has 8 heteroatoms. The number of nitrogens with one attached hydrogen (secondary N) is 3. The second-order valence-electron chi connectivity index (χ2n) is 4.44. The van der Waals surface area contributed by atoms with Gasteiger partial charge in [-0.3, -0.25) is 9.59 Å². The number of carbonyl (C=O) groups excluding carboxylic acids is 2. The molecule has 1 aromatic carbocycles. The summed E-state index contributed by atoms with van der Waals surface area (Å²) in [5.41, 5.74) is 0.327. The second-order valence-corrected chi connectivity index (χ2v) is 4.44. The average Bonchev–Trinajstić information content (AvgIpc) is 2.51. The largest absolute Gasteiger partial charge is 0.478 e. The Bertz CT molecular complexity index is 659. The van der Waals surface area contributed by atoms with Crippen molar-refractivity contribution in [1.82, 2.24) is 10.6 Å². The monoisotopic (exact) mass is 316 g/mol. The number of aromatic carboxylic acids is 1. The number of nitrogens with zero attached hydrogens (tertiary/aromatic N) is 1. The van der Waals surface area contributed by atoms with Crippen LogP contribution in [-0.2, 0) is 9.59 Å². The highest BCUT2D eigenvalue weighted by atomic mass is 16.4. The first kappa shape index (κ1) is 17.7. The summed E-state index contributed by atoms with van der Waals surface area (Å²) in [7, 11) is 0. The Morgan fingerprint density at radius 3 is 2.39 bits per heavy atom. The van der Waals surface area contributed by atoms with Gasteiger partial charge in [0.25, 0.3) is 5.91 Å².